The second-order valence-corrected chi connectivity index (χ2v) is 7.79. The number of benzene rings is 2. The number of rotatable bonds is 7. The molecule has 0 unspecified atom stereocenters. The van der Waals surface area contributed by atoms with Crippen molar-refractivity contribution in [3.8, 4) is 11.8 Å². The first-order valence-electron chi connectivity index (χ1n) is 8.55. The second kappa shape index (κ2) is 8.29. The molecule has 1 N–H and O–H groups in total. The highest BCUT2D eigenvalue weighted by Crippen LogP contribution is 2.24. The van der Waals surface area contributed by atoms with Crippen molar-refractivity contribution < 1.29 is 22.7 Å². The van der Waals surface area contributed by atoms with E-state index in [0.29, 0.717) is 19.6 Å². The number of methoxy groups -OCH3 is 1. The van der Waals surface area contributed by atoms with E-state index in [-0.39, 0.29) is 28.8 Å². The van der Waals surface area contributed by atoms with Gasteiger partial charge in [0.25, 0.3) is 0 Å². The second-order valence-electron chi connectivity index (χ2n) is 6.06. The van der Waals surface area contributed by atoms with E-state index in [0.717, 1.165) is 11.3 Å². The van der Waals surface area contributed by atoms with Gasteiger partial charge >= 0.3 is 6.09 Å². The molecule has 1 heterocycles. The largest absolute Gasteiger partial charge is 0.495 e. The molecule has 9 heteroatoms. The van der Waals surface area contributed by atoms with Crippen LogP contribution < -0.4 is 14.4 Å². The zero-order valence-electron chi connectivity index (χ0n) is 15.2. The molecule has 0 bridgehead atoms. The Morgan fingerprint density at radius 3 is 2.61 bits per heavy atom. The Morgan fingerprint density at radius 2 is 2.00 bits per heavy atom. The molecule has 0 spiro atoms. The first kappa shape index (κ1) is 19.7. The fourth-order valence-electron chi connectivity index (χ4n) is 2.83. The van der Waals surface area contributed by atoms with E-state index < -0.39 is 10.0 Å². The van der Waals surface area contributed by atoms with E-state index in [4.69, 9.17) is 14.7 Å². The van der Waals surface area contributed by atoms with Gasteiger partial charge < -0.3 is 9.47 Å². The monoisotopic (exact) mass is 401 g/mol. The average Bonchev–Trinajstić information content (AvgIpc) is 3.13. The maximum absolute atomic E-state index is 12.6. The maximum Gasteiger partial charge on any atom is 0.414 e. The van der Waals surface area contributed by atoms with Crippen molar-refractivity contribution in [2.45, 2.75) is 11.3 Å². The van der Waals surface area contributed by atoms with Gasteiger partial charge in [0.2, 0.25) is 10.0 Å². The van der Waals surface area contributed by atoms with Gasteiger partial charge in [-0.3, -0.25) is 4.90 Å². The van der Waals surface area contributed by atoms with Gasteiger partial charge in [0.15, 0.2) is 0 Å². The summed E-state index contributed by atoms with van der Waals surface area (Å²) >= 11 is 0. The van der Waals surface area contributed by atoms with Crippen LogP contribution in [0.2, 0.25) is 0 Å². The van der Waals surface area contributed by atoms with E-state index in [2.05, 4.69) is 4.72 Å². The Hall–Kier alpha value is -3.09. The topological polar surface area (TPSA) is 109 Å². The van der Waals surface area contributed by atoms with Crippen LogP contribution in [0.4, 0.5) is 10.5 Å². The third kappa shape index (κ3) is 4.24. The highest BCUT2D eigenvalue weighted by Gasteiger charge is 2.23. The number of anilines is 1. The van der Waals surface area contributed by atoms with Gasteiger partial charge in [-0.05, 0) is 42.3 Å². The number of cyclic esters (lactones) is 1. The van der Waals surface area contributed by atoms with E-state index in [1.165, 1.54) is 25.3 Å². The molecular weight excluding hydrogens is 382 g/mol. The van der Waals surface area contributed by atoms with Crippen LogP contribution in [0.1, 0.15) is 11.1 Å². The number of amides is 1. The number of ether oxygens (including phenoxy) is 2. The molecule has 0 saturated carbocycles. The van der Waals surface area contributed by atoms with Crippen LogP contribution in [-0.4, -0.2) is 41.3 Å². The smallest absolute Gasteiger partial charge is 0.414 e. The minimum atomic E-state index is -3.83. The molecule has 28 heavy (non-hydrogen) atoms. The molecule has 0 radical (unpaired) electrons. The number of nitrogens with one attached hydrogen (secondary N) is 1. The molecule has 8 nitrogen and oxygen atoms in total. The van der Waals surface area contributed by atoms with Crippen molar-refractivity contribution in [2.75, 3.05) is 31.7 Å². The average molecular weight is 401 g/mol. The summed E-state index contributed by atoms with van der Waals surface area (Å²) in [5, 5.41) is 9.00. The number of carbonyl (C=O) groups excluding carboxylic acids is 1. The summed E-state index contributed by atoms with van der Waals surface area (Å²) in [6.07, 6.45) is 0.0959. The van der Waals surface area contributed by atoms with Crippen LogP contribution in [0.15, 0.2) is 47.4 Å². The molecule has 1 aliphatic heterocycles. The number of hydrogen-bond acceptors (Lipinski definition) is 6. The highest BCUT2D eigenvalue weighted by atomic mass is 32.2. The summed E-state index contributed by atoms with van der Waals surface area (Å²) in [6.45, 7) is 1.06. The standard InChI is InChI=1S/C19H19N3O5S/c1-26-17-7-4-15(13-20)12-18(17)28(24,25)21-9-8-14-2-5-16(6-3-14)22-10-11-27-19(22)23/h2-7,12,21H,8-11H2,1H3. The molecule has 1 amide bonds. The summed E-state index contributed by atoms with van der Waals surface area (Å²) in [5.41, 5.74) is 1.89. The first-order chi connectivity index (χ1) is 13.4. The molecule has 2 aromatic carbocycles. The Labute approximate surface area is 163 Å². The van der Waals surface area contributed by atoms with Crippen LogP contribution in [0, 0.1) is 11.3 Å². The summed E-state index contributed by atoms with van der Waals surface area (Å²) in [6, 6.07) is 13.4. The molecule has 1 aliphatic rings. The van der Waals surface area contributed by atoms with Crippen LogP contribution >= 0.6 is 0 Å². The van der Waals surface area contributed by atoms with Crippen molar-refractivity contribution in [3.05, 3.63) is 53.6 Å². The van der Waals surface area contributed by atoms with E-state index in [9.17, 15) is 13.2 Å². The Bertz CT molecular complexity index is 1010. The minimum absolute atomic E-state index is 0.0723. The van der Waals surface area contributed by atoms with E-state index in [1.807, 2.05) is 18.2 Å². The molecule has 1 fully saturated rings. The molecular formula is C19H19N3O5S. The quantitative estimate of drug-likeness (QED) is 0.761. The van der Waals surface area contributed by atoms with Crippen molar-refractivity contribution >= 4 is 21.8 Å². The summed E-state index contributed by atoms with van der Waals surface area (Å²) < 4.78 is 37.7. The third-order valence-electron chi connectivity index (χ3n) is 4.30. The summed E-state index contributed by atoms with van der Waals surface area (Å²) in [7, 11) is -2.46. The van der Waals surface area contributed by atoms with Gasteiger partial charge in [0.1, 0.15) is 17.3 Å². The number of nitriles is 1. The Morgan fingerprint density at radius 1 is 1.25 bits per heavy atom. The van der Waals surface area contributed by atoms with Gasteiger partial charge in [-0.15, -0.1) is 0 Å². The molecule has 3 rings (SSSR count). The van der Waals surface area contributed by atoms with Crippen molar-refractivity contribution in [1.29, 1.82) is 5.26 Å². The number of hydrogen-bond donors (Lipinski definition) is 1. The van der Waals surface area contributed by atoms with Crippen LogP contribution in [0.25, 0.3) is 0 Å². The first-order valence-corrected chi connectivity index (χ1v) is 10.0. The van der Waals surface area contributed by atoms with Gasteiger partial charge in [0.05, 0.1) is 25.3 Å². The van der Waals surface area contributed by atoms with Crippen LogP contribution in [0.5, 0.6) is 5.75 Å². The van der Waals surface area contributed by atoms with Crippen molar-refractivity contribution in [2.24, 2.45) is 0 Å². The predicted molar refractivity (Wildman–Crippen MR) is 102 cm³/mol. The summed E-state index contributed by atoms with van der Waals surface area (Å²) in [4.78, 5) is 13.0. The predicted octanol–water partition coefficient (Wildman–Crippen LogP) is 2.04. The SMILES string of the molecule is COc1ccc(C#N)cc1S(=O)(=O)NCCc1ccc(N2CCOC2=O)cc1. The molecule has 146 valence electrons. The highest BCUT2D eigenvalue weighted by molar-refractivity contribution is 7.89. The van der Waals surface area contributed by atoms with E-state index >= 15 is 0 Å². The zero-order chi connectivity index (χ0) is 20.1. The number of sulfonamides is 1. The molecule has 1 saturated heterocycles. The zero-order valence-corrected chi connectivity index (χ0v) is 16.0. The van der Waals surface area contributed by atoms with Crippen LogP contribution in [0.3, 0.4) is 0 Å². The number of carbonyl (C=O) groups is 1. The van der Waals surface area contributed by atoms with Crippen LogP contribution in [-0.2, 0) is 21.2 Å². The number of nitrogens with zero attached hydrogens (tertiary/aromatic N) is 2. The van der Waals surface area contributed by atoms with Crippen molar-refractivity contribution in [1.82, 2.24) is 4.72 Å². The molecule has 0 atom stereocenters. The molecule has 2 aromatic rings. The van der Waals surface area contributed by atoms with Crippen molar-refractivity contribution in [3.63, 3.8) is 0 Å². The normalized spacial score (nSPS) is 13.9. The van der Waals surface area contributed by atoms with E-state index in [1.54, 1.807) is 17.0 Å². The third-order valence-corrected chi connectivity index (χ3v) is 5.78. The Kier molecular flexibility index (Phi) is 5.82. The lowest BCUT2D eigenvalue weighted by Crippen LogP contribution is -2.26. The maximum atomic E-state index is 12.6. The fraction of sp³-hybridized carbons (Fsp3) is 0.263. The lowest BCUT2D eigenvalue weighted by molar-refractivity contribution is 0.181. The summed E-state index contributed by atoms with van der Waals surface area (Å²) in [5.74, 6) is 0.174. The van der Waals surface area contributed by atoms with Gasteiger partial charge in [-0.2, -0.15) is 5.26 Å². The van der Waals surface area contributed by atoms with Gasteiger partial charge in [-0.25, -0.2) is 17.9 Å². The van der Waals surface area contributed by atoms with Gasteiger partial charge in [0, 0.05) is 12.2 Å². The lowest BCUT2D eigenvalue weighted by Gasteiger charge is -2.13. The fourth-order valence-corrected chi connectivity index (χ4v) is 4.06. The minimum Gasteiger partial charge on any atom is -0.495 e. The lowest BCUT2D eigenvalue weighted by atomic mass is 10.1. The molecule has 0 aliphatic carbocycles. The molecule has 0 aromatic heterocycles. The Balaban J connectivity index is 1.64. The van der Waals surface area contributed by atoms with Gasteiger partial charge in [-0.1, -0.05) is 12.1 Å².